The van der Waals surface area contributed by atoms with Crippen molar-refractivity contribution in [3.05, 3.63) is 56.4 Å². The molecule has 1 aromatic heterocycles. The average molecular weight is 417 g/mol. The first-order chi connectivity index (χ1) is 13.9. The molecule has 0 bridgehead atoms. The standard InChI is InChI=1S/C21H27N3O6/c1-13-7-6-8-15(14(13)2)16-11-23(12-17(25)26)20(29)24(18(16)27)10-9-22-19(28)30-21(3,4)5/h6-8,11H,9-10,12H2,1-5H3,(H,22,28)(H,25,26). The summed E-state index contributed by atoms with van der Waals surface area (Å²) in [4.78, 5) is 48.8. The van der Waals surface area contributed by atoms with Crippen molar-refractivity contribution in [1.82, 2.24) is 14.5 Å². The van der Waals surface area contributed by atoms with E-state index in [2.05, 4.69) is 5.32 Å². The fourth-order valence-corrected chi connectivity index (χ4v) is 2.92. The number of amides is 1. The number of rotatable bonds is 6. The number of carbonyl (C=O) groups excluding carboxylic acids is 1. The van der Waals surface area contributed by atoms with E-state index in [4.69, 9.17) is 9.84 Å². The van der Waals surface area contributed by atoms with Crippen molar-refractivity contribution < 1.29 is 19.4 Å². The third-order valence-corrected chi connectivity index (χ3v) is 4.44. The zero-order chi connectivity index (χ0) is 22.6. The largest absolute Gasteiger partial charge is 0.480 e. The minimum atomic E-state index is -1.21. The number of carbonyl (C=O) groups is 2. The number of aryl methyl sites for hydroxylation is 1. The third kappa shape index (κ3) is 5.59. The molecule has 9 nitrogen and oxygen atoms in total. The highest BCUT2D eigenvalue weighted by Gasteiger charge is 2.18. The lowest BCUT2D eigenvalue weighted by Crippen LogP contribution is -2.44. The molecule has 1 amide bonds. The van der Waals surface area contributed by atoms with E-state index < -0.39 is 35.5 Å². The average Bonchev–Trinajstić information content (AvgIpc) is 2.61. The highest BCUT2D eigenvalue weighted by molar-refractivity contribution is 5.69. The van der Waals surface area contributed by atoms with Crippen molar-refractivity contribution in [2.45, 2.75) is 53.3 Å². The zero-order valence-electron chi connectivity index (χ0n) is 17.8. The van der Waals surface area contributed by atoms with E-state index in [-0.39, 0.29) is 18.7 Å². The topological polar surface area (TPSA) is 120 Å². The van der Waals surface area contributed by atoms with Crippen LogP contribution in [0.4, 0.5) is 4.79 Å². The van der Waals surface area contributed by atoms with Crippen molar-refractivity contribution in [2.75, 3.05) is 6.54 Å². The lowest BCUT2D eigenvalue weighted by Gasteiger charge is -2.20. The molecule has 9 heteroatoms. The number of hydrogen-bond donors (Lipinski definition) is 2. The normalized spacial score (nSPS) is 11.2. The second-order valence-electron chi connectivity index (χ2n) is 7.98. The highest BCUT2D eigenvalue weighted by Crippen LogP contribution is 2.22. The van der Waals surface area contributed by atoms with Gasteiger partial charge in [0.15, 0.2) is 0 Å². The first kappa shape index (κ1) is 22.9. The molecule has 0 unspecified atom stereocenters. The predicted molar refractivity (Wildman–Crippen MR) is 112 cm³/mol. The van der Waals surface area contributed by atoms with E-state index in [1.807, 2.05) is 19.9 Å². The zero-order valence-corrected chi connectivity index (χ0v) is 17.8. The fraction of sp³-hybridized carbons (Fsp3) is 0.429. The smallest absolute Gasteiger partial charge is 0.407 e. The van der Waals surface area contributed by atoms with Crippen LogP contribution >= 0.6 is 0 Å². The van der Waals surface area contributed by atoms with Gasteiger partial charge >= 0.3 is 17.8 Å². The molecule has 2 rings (SSSR count). The van der Waals surface area contributed by atoms with Gasteiger partial charge in [0.25, 0.3) is 5.56 Å². The van der Waals surface area contributed by atoms with Crippen molar-refractivity contribution in [3.63, 3.8) is 0 Å². The number of carboxylic acids is 1. The summed E-state index contributed by atoms with van der Waals surface area (Å²) >= 11 is 0. The second-order valence-corrected chi connectivity index (χ2v) is 7.98. The van der Waals surface area contributed by atoms with E-state index in [1.165, 1.54) is 6.20 Å². The Morgan fingerprint density at radius 2 is 1.80 bits per heavy atom. The molecule has 0 saturated heterocycles. The summed E-state index contributed by atoms with van der Waals surface area (Å²) in [5, 5.41) is 11.6. The van der Waals surface area contributed by atoms with E-state index in [0.29, 0.717) is 5.56 Å². The first-order valence-electron chi connectivity index (χ1n) is 9.50. The molecular formula is C21H27N3O6. The van der Waals surface area contributed by atoms with E-state index in [0.717, 1.165) is 20.3 Å². The van der Waals surface area contributed by atoms with Crippen LogP contribution in [0, 0.1) is 13.8 Å². The van der Waals surface area contributed by atoms with Crippen LogP contribution < -0.4 is 16.6 Å². The minimum Gasteiger partial charge on any atom is -0.480 e. The molecule has 0 aliphatic rings. The predicted octanol–water partition coefficient (Wildman–Crippen LogP) is 1.90. The lowest BCUT2D eigenvalue weighted by molar-refractivity contribution is -0.137. The molecule has 0 atom stereocenters. The van der Waals surface area contributed by atoms with Gasteiger partial charge in [-0.25, -0.2) is 9.59 Å². The lowest BCUT2D eigenvalue weighted by atomic mass is 9.99. The van der Waals surface area contributed by atoms with Gasteiger partial charge in [-0.1, -0.05) is 18.2 Å². The number of ether oxygens (including phenoxy) is 1. The molecule has 30 heavy (non-hydrogen) atoms. The number of nitrogens with one attached hydrogen (secondary N) is 1. The Balaban J connectivity index is 2.45. The van der Waals surface area contributed by atoms with Crippen molar-refractivity contribution in [2.24, 2.45) is 0 Å². The van der Waals surface area contributed by atoms with Crippen LogP contribution in [0.25, 0.3) is 11.1 Å². The van der Waals surface area contributed by atoms with Gasteiger partial charge < -0.3 is 15.2 Å². The minimum absolute atomic E-state index is 0.0343. The Bertz CT molecular complexity index is 1080. The molecule has 1 aromatic carbocycles. The second kappa shape index (κ2) is 8.98. The molecule has 1 heterocycles. The Labute approximate surface area is 173 Å². The van der Waals surface area contributed by atoms with Gasteiger partial charge in [0.05, 0.1) is 5.56 Å². The number of hydrogen-bond acceptors (Lipinski definition) is 5. The summed E-state index contributed by atoms with van der Waals surface area (Å²) in [6, 6.07) is 5.44. The number of benzene rings is 1. The quantitative estimate of drug-likeness (QED) is 0.741. The van der Waals surface area contributed by atoms with Crippen molar-refractivity contribution in [1.29, 1.82) is 0 Å². The number of nitrogens with zero attached hydrogens (tertiary/aromatic N) is 2. The molecule has 0 fully saturated rings. The van der Waals surface area contributed by atoms with Gasteiger partial charge in [-0.3, -0.25) is 18.7 Å². The maximum absolute atomic E-state index is 13.1. The van der Waals surface area contributed by atoms with Crippen molar-refractivity contribution >= 4 is 12.1 Å². The Kier molecular flexibility index (Phi) is 6.86. The molecule has 0 aliphatic carbocycles. The van der Waals surface area contributed by atoms with Crippen LogP contribution in [0.5, 0.6) is 0 Å². The number of aromatic nitrogens is 2. The van der Waals surface area contributed by atoms with E-state index in [9.17, 15) is 19.2 Å². The number of carboxylic acid groups (broad SMARTS) is 1. The summed E-state index contributed by atoms with van der Waals surface area (Å²) in [5.74, 6) is -1.21. The van der Waals surface area contributed by atoms with E-state index in [1.54, 1.807) is 32.9 Å². The van der Waals surface area contributed by atoms with Gasteiger partial charge in [-0.15, -0.1) is 0 Å². The van der Waals surface area contributed by atoms with Gasteiger partial charge in [-0.05, 0) is 51.3 Å². The highest BCUT2D eigenvalue weighted by atomic mass is 16.6. The molecule has 2 N–H and O–H groups in total. The fourth-order valence-electron chi connectivity index (χ4n) is 2.92. The van der Waals surface area contributed by atoms with Crippen molar-refractivity contribution in [3.8, 4) is 11.1 Å². The van der Waals surface area contributed by atoms with Crippen LogP contribution in [0.2, 0.25) is 0 Å². The van der Waals surface area contributed by atoms with Crippen LogP contribution in [0.1, 0.15) is 31.9 Å². The summed E-state index contributed by atoms with van der Waals surface area (Å²) in [5.41, 5.74) is 0.651. The van der Waals surface area contributed by atoms with Crippen LogP contribution in [0.3, 0.4) is 0 Å². The first-order valence-corrected chi connectivity index (χ1v) is 9.50. The molecule has 0 radical (unpaired) electrons. The van der Waals surface area contributed by atoms with Crippen LogP contribution in [-0.2, 0) is 22.6 Å². The number of aliphatic carboxylic acids is 1. The van der Waals surface area contributed by atoms with Crippen LogP contribution in [-0.4, -0.2) is 38.4 Å². The van der Waals surface area contributed by atoms with Gasteiger partial charge in [-0.2, -0.15) is 0 Å². The molecule has 0 saturated carbocycles. The Hall–Kier alpha value is -3.36. The SMILES string of the molecule is Cc1cccc(-c2cn(CC(=O)O)c(=O)n(CCNC(=O)OC(C)(C)C)c2=O)c1C. The summed E-state index contributed by atoms with van der Waals surface area (Å²) in [6.45, 7) is 8.15. The summed E-state index contributed by atoms with van der Waals surface area (Å²) < 4.78 is 7.04. The summed E-state index contributed by atoms with van der Waals surface area (Å²) in [6.07, 6.45) is 0.602. The maximum atomic E-state index is 13.1. The Morgan fingerprint density at radius 3 is 2.40 bits per heavy atom. The summed E-state index contributed by atoms with van der Waals surface area (Å²) in [7, 11) is 0. The van der Waals surface area contributed by atoms with Crippen LogP contribution in [0.15, 0.2) is 34.0 Å². The number of alkyl carbamates (subject to hydrolysis) is 1. The van der Waals surface area contributed by atoms with E-state index >= 15 is 0 Å². The maximum Gasteiger partial charge on any atom is 0.407 e. The molecular weight excluding hydrogens is 390 g/mol. The molecule has 0 spiro atoms. The van der Waals surface area contributed by atoms with Gasteiger partial charge in [0, 0.05) is 19.3 Å². The van der Waals surface area contributed by atoms with Gasteiger partial charge in [0.1, 0.15) is 12.1 Å². The molecule has 0 aliphatic heterocycles. The molecule has 2 aromatic rings. The monoisotopic (exact) mass is 417 g/mol. The van der Waals surface area contributed by atoms with Gasteiger partial charge in [0.2, 0.25) is 0 Å². The Morgan fingerprint density at radius 1 is 1.13 bits per heavy atom. The third-order valence-electron chi connectivity index (χ3n) is 4.44. The molecule has 162 valence electrons.